The number of methoxy groups -OCH3 is 2. The Morgan fingerprint density at radius 2 is 1.44 bits per heavy atom. The predicted molar refractivity (Wildman–Crippen MR) is 110 cm³/mol. The van der Waals surface area contributed by atoms with E-state index >= 15 is 0 Å². The summed E-state index contributed by atoms with van der Waals surface area (Å²) in [5.41, 5.74) is 6.10. The Hall–Kier alpha value is -2.84. The van der Waals surface area contributed by atoms with Crippen LogP contribution in [0.1, 0.15) is 27.8 Å². The quantitative estimate of drug-likeness (QED) is 0.610. The van der Waals surface area contributed by atoms with Crippen LogP contribution < -0.4 is 4.74 Å². The van der Waals surface area contributed by atoms with Crippen molar-refractivity contribution >= 4 is 6.08 Å². The van der Waals surface area contributed by atoms with E-state index < -0.39 is 0 Å². The van der Waals surface area contributed by atoms with E-state index in [9.17, 15) is 0 Å². The molecule has 0 saturated carbocycles. The second-order valence-corrected chi connectivity index (χ2v) is 6.97. The molecule has 0 N–H and O–H groups in total. The first kappa shape index (κ1) is 17.6. The molecule has 0 spiro atoms. The van der Waals surface area contributed by atoms with Crippen LogP contribution in [0.4, 0.5) is 0 Å². The lowest BCUT2D eigenvalue weighted by atomic mass is 9.67. The lowest BCUT2D eigenvalue weighted by molar-refractivity contribution is 0.181. The summed E-state index contributed by atoms with van der Waals surface area (Å²) in [4.78, 5) is 0. The van der Waals surface area contributed by atoms with Gasteiger partial charge in [0.2, 0.25) is 0 Å². The Morgan fingerprint density at radius 3 is 2.00 bits per heavy atom. The Bertz CT molecular complexity index is 903. The van der Waals surface area contributed by atoms with E-state index in [1.54, 1.807) is 14.2 Å². The fourth-order valence-corrected chi connectivity index (χ4v) is 4.16. The maximum absolute atomic E-state index is 5.57. The van der Waals surface area contributed by atoms with Gasteiger partial charge in [-0.2, -0.15) is 0 Å². The van der Waals surface area contributed by atoms with Crippen molar-refractivity contribution in [1.29, 1.82) is 0 Å². The van der Waals surface area contributed by atoms with E-state index in [0.717, 1.165) is 17.7 Å². The van der Waals surface area contributed by atoms with Gasteiger partial charge < -0.3 is 9.47 Å². The fourth-order valence-electron chi connectivity index (χ4n) is 4.16. The molecule has 0 bridgehead atoms. The highest BCUT2D eigenvalue weighted by Gasteiger charge is 2.35. The van der Waals surface area contributed by atoms with Gasteiger partial charge in [0.1, 0.15) is 5.75 Å². The van der Waals surface area contributed by atoms with Crippen LogP contribution in [-0.2, 0) is 23.2 Å². The summed E-state index contributed by atoms with van der Waals surface area (Å²) in [6, 6.07) is 25.8. The van der Waals surface area contributed by atoms with Crippen molar-refractivity contribution in [3.05, 3.63) is 107 Å². The summed E-state index contributed by atoms with van der Waals surface area (Å²) in [6.07, 6.45) is 5.50. The zero-order valence-corrected chi connectivity index (χ0v) is 15.8. The van der Waals surface area contributed by atoms with E-state index in [1.165, 1.54) is 22.3 Å². The highest BCUT2D eigenvalue weighted by atomic mass is 16.5. The lowest BCUT2D eigenvalue weighted by Gasteiger charge is -2.36. The second kappa shape index (κ2) is 7.42. The molecule has 0 atom stereocenters. The van der Waals surface area contributed by atoms with Gasteiger partial charge in [0.05, 0.1) is 13.7 Å². The van der Waals surface area contributed by atoms with Crippen molar-refractivity contribution in [2.75, 3.05) is 14.2 Å². The molecule has 3 aromatic carbocycles. The summed E-state index contributed by atoms with van der Waals surface area (Å²) in [7, 11) is 3.44. The highest BCUT2D eigenvalue weighted by molar-refractivity contribution is 5.68. The van der Waals surface area contributed by atoms with Crippen LogP contribution in [0, 0.1) is 0 Å². The molecule has 0 aromatic heterocycles. The second-order valence-electron chi connectivity index (χ2n) is 6.97. The first-order valence-corrected chi connectivity index (χ1v) is 9.26. The molecule has 0 fully saturated rings. The van der Waals surface area contributed by atoms with E-state index in [4.69, 9.17) is 9.47 Å². The maximum Gasteiger partial charge on any atom is 0.124 e. The highest BCUT2D eigenvalue weighted by Crippen LogP contribution is 2.43. The molecule has 0 aliphatic heterocycles. The summed E-state index contributed by atoms with van der Waals surface area (Å²) in [6.45, 7) is 0.542. The Labute approximate surface area is 161 Å². The molecule has 27 heavy (non-hydrogen) atoms. The molecule has 2 heteroatoms. The molecule has 1 aliphatic carbocycles. The molecule has 0 amide bonds. The Morgan fingerprint density at radius 1 is 0.815 bits per heavy atom. The average molecular weight is 356 g/mol. The van der Waals surface area contributed by atoms with Gasteiger partial charge in [-0.3, -0.25) is 0 Å². The van der Waals surface area contributed by atoms with Crippen LogP contribution in [0.5, 0.6) is 5.75 Å². The number of hydrogen-bond donors (Lipinski definition) is 0. The van der Waals surface area contributed by atoms with Gasteiger partial charge in [0, 0.05) is 18.1 Å². The van der Waals surface area contributed by atoms with E-state index in [0.29, 0.717) is 6.61 Å². The smallest absolute Gasteiger partial charge is 0.124 e. The number of rotatable bonds is 5. The molecule has 3 aromatic rings. The van der Waals surface area contributed by atoms with Crippen LogP contribution in [0.2, 0.25) is 0 Å². The minimum Gasteiger partial charge on any atom is -0.496 e. The number of benzene rings is 3. The van der Waals surface area contributed by atoms with E-state index in [2.05, 4.69) is 84.9 Å². The first-order valence-electron chi connectivity index (χ1n) is 9.26. The summed E-state index contributed by atoms with van der Waals surface area (Å²) in [5, 5.41) is 0. The first-order chi connectivity index (χ1) is 13.3. The van der Waals surface area contributed by atoms with Crippen LogP contribution in [0.3, 0.4) is 0 Å². The third-order valence-electron chi connectivity index (χ3n) is 5.49. The standard InChI is InChI=1S/C25H24O2/c1-26-18-23-22-15-16-25(20-9-5-3-6-10-20,21-11-7-4-8-12-21)17-19(22)13-14-24(23)27-2/h3-16H,17-18H2,1-2H3. The van der Waals surface area contributed by atoms with E-state index in [1.807, 2.05) is 0 Å². The van der Waals surface area contributed by atoms with Gasteiger partial charge in [-0.25, -0.2) is 0 Å². The van der Waals surface area contributed by atoms with Gasteiger partial charge in [0.25, 0.3) is 0 Å². The fraction of sp³-hybridized carbons (Fsp3) is 0.200. The number of fused-ring (bicyclic) bond motifs is 1. The maximum atomic E-state index is 5.57. The largest absolute Gasteiger partial charge is 0.496 e. The number of hydrogen-bond acceptors (Lipinski definition) is 2. The van der Waals surface area contributed by atoms with Crippen LogP contribution in [0.25, 0.3) is 6.08 Å². The molecule has 0 unspecified atom stereocenters. The van der Waals surface area contributed by atoms with Crippen LogP contribution in [0.15, 0.2) is 78.9 Å². The normalized spacial score (nSPS) is 14.6. The van der Waals surface area contributed by atoms with Crippen LogP contribution >= 0.6 is 0 Å². The van der Waals surface area contributed by atoms with Crippen molar-refractivity contribution in [3.63, 3.8) is 0 Å². The van der Waals surface area contributed by atoms with Gasteiger partial charge in [-0.05, 0) is 34.7 Å². The molecular weight excluding hydrogens is 332 g/mol. The van der Waals surface area contributed by atoms with Gasteiger partial charge >= 0.3 is 0 Å². The molecule has 2 nitrogen and oxygen atoms in total. The molecule has 4 rings (SSSR count). The van der Waals surface area contributed by atoms with Gasteiger partial charge in [-0.1, -0.05) is 78.9 Å². The van der Waals surface area contributed by atoms with Crippen molar-refractivity contribution in [3.8, 4) is 5.75 Å². The van der Waals surface area contributed by atoms with Crippen molar-refractivity contribution in [2.24, 2.45) is 0 Å². The summed E-state index contributed by atoms with van der Waals surface area (Å²) in [5.74, 6) is 0.882. The third-order valence-corrected chi connectivity index (χ3v) is 5.49. The van der Waals surface area contributed by atoms with Crippen molar-refractivity contribution in [1.82, 2.24) is 0 Å². The van der Waals surface area contributed by atoms with Crippen LogP contribution in [-0.4, -0.2) is 14.2 Å². The zero-order chi connectivity index (χ0) is 18.7. The summed E-state index contributed by atoms with van der Waals surface area (Å²) >= 11 is 0. The summed E-state index contributed by atoms with van der Waals surface area (Å²) < 4.78 is 11.0. The lowest BCUT2D eigenvalue weighted by Crippen LogP contribution is -2.30. The monoisotopic (exact) mass is 356 g/mol. The molecule has 0 saturated heterocycles. The predicted octanol–water partition coefficient (Wildman–Crippen LogP) is 5.40. The van der Waals surface area contributed by atoms with Gasteiger partial charge in [0.15, 0.2) is 0 Å². The number of allylic oxidation sites excluding steroid dienone is 1. The zero-order valence-electron chi connectivity index (χ0n) is 15.8. The topological polar surface area (TPSA) is 18.5 Å². The van der Waals surface area contributed by atoms with Crippen molar-refractivity contribution in [2.45, 2.75) is 18.4 Å². The molecule has 0 radical (unpaired) electrons. The van der Waals surface area contributed by atoms with Gasteiger partial charge in [-0.15, -0.1) is 0 Å². The minimum atomic E-state index is -0.172. The molecule has 136 valence electrons. The third kappa shape index (κ3) is 3.07. The molecule has 1 aliphatic rings. The Kier molecular flexibility index (Phi) is 4.83. The number of ether oxygens (including phenoxy) is 2. The molecular formula is C25H24O2. The SMILES string of the molecule is COCc1c(OC)ccc2c1C=CC(c1ccccc1)(c1ccccc1)C2. The minimum absolute atomic E-state index is 0.172. The van der Waals surface area contributed by atoms with Crippen molar-refractivity contribution < 1.29 is 9.47 Å². The van der Waals surface area contributed by atoms with E-state index in [-0.39, 0.29) is 5.41 Å². The molecule has 0 heterocycles. The average Bonchev–Trinajstić information content (AvgIpc) is 2.75. The Balaban J connectivity index is 1.89.